The van der Waals surface area contributed by atoms with E-state index in [0.29, 0.717) is 24.9 Å². The summed E-state index contributed by atoms with van der Waals surface area (Å²) >= 11 is 0. The van der Waals surface area contributed by atoms with Crippen molar-refractivity contribution in [1.29, 1.82) is 0 Å². The van der Waals surface area contributed by atoms with Crippen LogP contribution >= 0.6 is 0 Å². The molecule has 0 unspecified atom stereocenters. The van der Waals surface area contributed by atoms with Crippen molar-refractivity contribution in [3.63, 3.8) is 0 Å². The molecule has 1 aliphatic rings. The van der Waals surface area contributed by atoms with Gasteiger partial charge in [-0.2, -0.15) is 0 Å². The summed E-state index contributed by atoms with van der Waals surface area (Å²) < 4.78 is 21.0. The fourth-order valence-corrected chi connectivity index (χ4v) is 2.92. The van der Waals surface area contributed by atoms with Crippen molar-refractivity contribution in [1.82, 2.24) is 19.5 Å². The number of benzene rings is 1. The molecule has 0 bridgehead atoms. The van der Waals surface area contributed by atoms with Crippen molar-refractivity contribution in [3.8, 4) is 22.6 Å². The minimum Gasteiger partial charge on any atom is -0.378 e. The second-order valence-electron chi connectivity index (χ2n) is 5.90. The van der Waals surface area contributed by atoms with E-state index >= 15 is 0 Å². The Morgan fingerprint density at radius 2 is 2.00 bits per heavy atom. The lowest BCUT2D eigenvalue weighted by Gasteiger charge is -2.27. The third kappa shape index (κ3) is 3.10. The Bertz CT molecular complexity index is 889. The summed E-state index contributed by atoms with van der Waals surface area (Å²) in [4.78, 5) is 15.8. The molecule has 7 heteroatoms. The van der Waals surface area contributed by atoms with E-state index in [4.69, 9.17) is 9.72 Å². The average Bonchev–Trinajstić information content (AvgIpc) is 3.08. The maximum absolute atomic E-state index is 13.7. The van der Waals surface area contributed by atoms with E-state index in [-0.39, 0.29) is 5.82 Å². The van der Waals surface area contributed by atoms with Gasteiger partial charge in [0.25, 0.3) is 0 Å². The molecule has 25 heavy (non-hydrogen) atoms. The minimum absolute atomic E-state index is 0.291. The van der Waals surface area contributed by atoms with Gasteiger partial charge in [0.15, 0.2) is 5.82 Å². The van der Waals surface area contributed by atoms with Gasteiger partial charge in [0.1, 0.15) is 11.5 Å². The van der Waals surface area contributed by atoms with Gasteiger partial charge >= 0.3 is 0 Å². The van der Waals surface area contributed by atoms with Crippen molar-refractivity contribution in [3.05, 3.63) is 48.7 Å². The number of halogens is 1. The Morgan fingerprint density at radius 3 is 2.72 bits per heavy atom. The van der Waals surface area contributed by atoms with Crippen LogP contribution in [0.4, 0.5) is 10.3 Å². The smallest absolute Gasteiger partial charge is 0.226 e. The number of morpholine rings is 1. The minimum atomic E-state index is -0.291. The number of aryl methyl sites for hydroxylation is 1. The van der Waals surface area contributed by atoms with E-state index in [2.05, 4.69) is 14.9 Å². The third-order valence-electron chi connectivity index (χ3n) is 4.24. The first-order valence-corrected chi connectivity index (χ1v) is 8.16. The van der Waals surface area contributed by atoms with Crippen LogP contribution in [0.15, 0.2) is 42.9 Å². The van der Waals surface area contributed by atoms with E-state index in [0.717, 1.165) is 30.0 Å². The number of ether oxygens (including phenoxy) is 1. The fourth-order valence-electron chi connectivity index (χ4n) is 2.92. The summed E-state index contributed by atoms with van der Waals surface area (Å²) in [5.74, 6) is 1.07. The number of anilines is 1. The van der Waals surface area contributed by atoms with E-state index in [1.165, 1.54) is 12.1 Å². The van der Waals surface area contributed by atoms with E-state index in [1.54, 1.807) is 18.5 Å². The molecular formula is C18H18FN5O. The van der Waals surface area contributed by atoms with Gasteiger partial charge in [0, 0.05) is 44.3 Å². The Kier molecular flexibility index (Phi) is 4.15. The SMILES string of the molecule is Cn1ccnc1-c1nc(N2CCOCC2)ncc1-c1cccc(F)c1. The van der Waals surface area contributed by atoms with Crippen LogP contribution in [-0.2, 0) is 11.8 Å². The lowest BCUT2D eigenvalue weighted by atomic mass is 10.1. The summed E-state index contributed by atoms with van der Waals surface area (Å²) in [5, 5.41) is 0. The van der Waals surface area contributed by atoms with Crippen molar-refractivity contribution < 1.29 is 9.13 Å². The maximum Gasteiger partial charge on any atom is 0.226 e. The zero-order chi connectivity index (χ0) is 17.2. The summed E-state index contributed by atoms with van der Waals surface area (Å²) in [6, 6.07) is 6.44. The number of rotatable bonds is 3. The topological polar surface area (TPSA) is 56.1 Å². The van der Waals surface area contributed by atoms with Gasteiger partial charge in [-0.25, -0.2) is 19.3 Å². The number of nitrogens with zero attached hydrogens (tertiary/aromatic N) is 5. The first-order chi connectivity index (χ1) is 12.2. The molecule has 3 aromatic rings. The monoisotopic (exact) mass is 339 g/mol. The third-order valence-corrected chi connectivity index (χ3v) is 4.24. The van der Waals surface area contributed by atoms with Crippen molar-refractivity contribution in [2.45, 2.75) is 0 Å². The van der Waals surface area contributed by atoms with E-state index < -0.39 is 0 Å². The summed E-state index contributed by atoms with van der Waals surface area (Å²) in [6.45, 7) is 2.82. The molecule has 128 valence electrons. The Hall–Kier alpha value is -2.80. The van der Waals surface area contributed by atoms with Crippen LogP contribution in [0.5, 0.6) is 0 Å². The number of hydrogen-bond acceptors (Lipinski definition) is 5. The summed E-state index contributed by atoms with van der Waals surface area (Å²) in [7, 11) is 1.91. The molecule has 0 saturated carbocycles. The Labute approximate surface area is 144 Å². The molecule has 0 spiro atoms. The molecule has 0 atom stereocenters. The van der Waals surface area contributed by atoms with Crippen molar-refractivity contribution in [2.75, 3.05) is 31.2 Å². The molecule has 0 radical (unpaired) electrons. The van der Waals surface area contributed by atoms with Gasteiger partial charge in [0.05, 0.1) is 13.2 Å². The first-order valence-electron chi connectivity index (χ1n) is 8.16. The highest BCUT2D eigenvalue weighted by Gasteiger charge is 2.19. The van der Waals surface area contributed by atoms with Crippen LogP contribution in [0.25, 0.3) is 22.6 Å². The highest BCUT2D eigenvalue weighted by atomic mass is 19.1. The quantitative estimate of drug-likeness (QED) is 0.734. The lowest BCUT2D eigenvalue weighted by Crippen LogP contribution is -2.37. The van der Waals surface area contributed by atoms with E-state index in [9.17, 15) is 4.39 Å². The van der Waals surface area contributed by atoms with Gasteiger partial charge in [-0.3, -0.25) is 0 Å². The molecule has 6 nitrogen and oxygen atoms in total. The molecule has 3 heterocycles. The zero-order valence-corrected chi connectivity index (χ0v) is 13.9. The maximum atomic E-state index is 13.7. The van der Waals surface area contributed by atoms with Crippen LogP contribution in [0.1, 0.15) is 0 Å². The molecule has 1 saturated heterocycles. The van der Waals surface area contributed by atoms with Gasteiger partial charge in [-0.15, -0.1) is 0 Å². The van der Waals surface area contributed by atoms with E-state index in [1.807, 2.05) is 23.9 Å². The normalized spacial score (nSPS) is 14.7. The van der Waals surface area contributed by atoms with Crippen LogP contribution in [0.2, 0.25) is 0 Å². The predicted octanol–water partition coefficient (Wildman–Crippen LogP) is 2.52. The van der Waals surface area contributed by atoms with Crippen molar-refractivity contribution in [2.24, 2.45) is 7.05 Å². The van der Waals surface area contributed by atoms with Gasteiger partial charge in [-0.1, -0.05) is 12.1 Å². The number of aromatic nitrogens is 4. The molecule has 1 fully saturated rings. The fraction of sp³-hybridized carbons (Fsp3) is 0.278. The van der Waals surface area contributed by atoms with Gasteiger partial charge in [0.2, 0.25) is 5.95 Å². The second-order valence-corrected chi connectivity index (χ2v) is 5.90. The molecule has 0 N–H and O–H groups in total. The molecule has 0 amide bonds. The Balaban J connectivity index is 1.84. The summed E-state index contributed by atoms with van der Waals surface area (Å²) in [6.07, 6.45) is 5.33. The van der Waals surface area contributed by atoms with Crippen LogP contribution in [-0.4, -0.2) is 45.8 Å². The molecule has 4 rings (SSSR count). The highest BCUT2D eigenvalue weighted by molar-refractivity contribution is 5.78. The first kappa shape index (κ1) is 15.7. The molecule has 0 aliphatic carbocycles. The largest absolute Gasteiger partial charge is 0.378 e. The molecule has 2 aromatic heterocycles. The van der Waals surface area contributed by atoms with Crippen LogP contribution in [0, 0.1) is 5.82 Å². The summed E-state index contributed by atoms with van der Waals surface area (Å²) in [5.41, 5.74) is 2.17. The average molecular weight is 339 g/mol. The second kappa shape index (κ2) is 6.60. The van der Waals surface area contributed by atoms with Crippen molar-refractivity contribution >= 4 is 5.95 Å². The zero-order valence-electron chi connectivity index (χ0n) is 13.9. The van der Waals surface area contributed by atoms with Crippen LogP contribution in [0.3, 0.4) is 0 Å². The van der Waals surface area contributed by atoms with Crippen LogP contribution < -0.4 is 4.90 Å². The predicted molar refractivity (Wildman–Crippen MR) is 92.7 cm³/mol. The van der Waals surface area contributed by atoms with Gasteiger partial charge < -0.3 is 14.2 Å². The highest BCUT2D eigenvalue weighted by Crippen LogP contribution is 2.30. The molecule has 1 aliphatic heterocycles. The van der Waals surface area contributed by atoms with Gasteiger partial charge in [-0.05, 0) is 17.7 Å². The standard InChI is InChI=1S/C18H18FN5O/c1-23-6-5-20-17(23)16-15(13-3-2-4-14(19)11-13)12-21-18(22-16)24-7-9-25-10-8-24/h2-6,11-12H,7-10H2,1H3. The molecule has 1 aromatic carbocycles. The lowest BCUT2D eigenvalue weighted by molar-refractivity contribution is 0.122. The number of hydrogen-bond donors (Lipinski definition) is 0. The number of imidazole rings is 1. The Morgan fingerprint density at radius 1 is 1.16 bits per heavy atom. The molecular weight excluding hydrogens is 321 g/mol.